The van der Waals surface area contributed by atoms with Crippen molar-refractivity contribution in [1.29, 1.82) is 0 Å². The molecule has 0 bridgehead atoms. The highest BCUT2D eigenvalue weighted by molar-refractivity contribution is 6.49. The maximum Gasteiger partial charge on any atom is 0.274 e. The lowest BCUT2D eigenvalue weighted by molar-refractivity contribution is 0.577. The zero-order valence-electron chi connectivity index (χ0n) is 11.7. The number of benzene rings is 1. The van der Waals surface area contributed by atoms with E-state index in [1.54, 1.807) is 10.9 Å². The quantitative estimate of drug-likeness (QED) is 0.633. The topological polar surface area (TPSA) is 39.4 Å². The Hall–Kier alpha value is -1.88. The summed E-state index contributed by atoms with van der Waals surface area (Å²) in [7, 11) is 1.09. The number of hydrogen-bond donors (Lipinski definition) is 0. The van der Waals surface area contributed by atoms with Gasteiger partial charge in [-0.15, -0.1) is 0 Å². The Bertz CT molecular complexity index is 590. The number of aliphatic imine (C=N–C) groups is 1. The molecule has 1 aromatic carbocycles. The van der Waals surface area contributed by atoms with Gasteiger partial charge in [0, 0.05) is 25.0 Å². The van der Waals surface area contributed by atoms with Crippen molar-refractivity contribution in [3.05, 3.63) is 41.7 Å². The van der Waals surface area contributed by atoms with E-state index in [1.807, 2.05) is 44.6 Å². The Morgan fingerprint density at radius 2 is 2.16 bits per heavy atom. The lowest BCUT2D eigenvalue weighted by atomic mass is 10.2. The minimum atomic E-state index is -0.799. The molecule has 0 spiro atoms. The van der Waals surface area contributed by atoms with Gasteiger partial charge in [0.2, 0.25) is 0 Å². The van der Waals surface area contributed by atoms with Gasteiger partial charge in [-0.3, -0.25) is 9.67 Å². The molecule has 0 saturated heterocycles. The van der Waals surface area contributed by atoms with Gasteiger partial charge in [0.05, 0.1) is 6.20 Å². The molecule has 4 nitrogen and oxygen atoms in total. The van der Waals surface area contributed by atoms with Crippen molar-refractivity contribution in [2.45, 2.75) is 20.0 Å². The maximum absolute atomic E-state index is 5.94. The first-order valence-corrected chi connectivity index (χ1v) is 8.57. The van der Waals surface area contributed by atoms with Crippen LogP contribution in [0.1, 0.15) is 11.1 Å². The molecule has 0 unspecified atom stereocenters. The standard InChI is InChI=1S/C14H18N3OSi/c1-11-6-5-7-13(14(11)18-19(3)4)15-8-12-9-16-17(2)10-12/h5-10H,1-4H3. The highest BCUT2D eigenvalue weighted by atomic mass is 28.3. The number of rotatable bonds is 4. The summed E-state index contributed by atoms with van der Waals surface area (Å²) in [6, 6.07) is 6.01. The molecule has 5 heteroatoms. The number of hydrogen-bond acceptors (Lipinski definition) is 3. The molecule has 0 atom stereocenters. The molecule has 99 valence electrons. The SMILES string of the molecule is Cc1cccc(N=Cc2cnn(C)c2)c1O[Si](C)C. The summed E-state index contributed by atoms with van der Waals surface area (Å²) in [6.45, 7) is 6.28. The average Bonchev–Trinajstić information content (AvgIpc) is 2.75. The van der Waals surface area contributed by atoms with E-state index < -0.39 is 9.04 Å². The smallest absolute Gasteiger partial charge is 0.274 e. The van der Waals surface area contributed by atoms with Gasteiger partial charge >= 0.3 is 0 Å². The number of aryl methyl sites for hydroxylation is 2. The van der Waals surface area contributed by atoms with E-state index in [4.69, 9.17) is 4.43 Å². The van der Waals surface area contributed by atoms with Crippen LogP contribution in [0.2, 0.25) is 13.1 Å². The van der Waals surface area contributed by atoms with Crippen LogP contribution >= 0.6 is 0 Å². The normalized spacial score (nSPS) is 11.4. The van der Waals surface area contributed by atoms with Crippen molar-refractivity contribution in [1.82, 2.24) is 9.78 Å². The molecule has 2 rings (SSSR count). The summed E-state index contributed by atoms with van der Waals surface area (Å²) in [5, 5.41) is 4.12. The van der Waals surface area contributed by atoms with Gasteiger partial charge in [-0.2, -0.15) is 5.10 Å². The molecule has 0 saturated carbocycles. The Morgan fingerprint density at radius 3 is 2.79 bits per heavy atom. The Morgan fingerprint density at radius 1 is 1.37 bits per heavy atom. The second kappa shape index (κ2) is 5.84. The largest absolute Gasteiger partial charge is 0.541 e. The molecule has 1 radical (unpaired) electrons. The third-order valence-corrected chi connectivity index (χ3v) is 3.19. The average molecular weight is 272 g/mol. The highest BCUT2D eigenvalue weighted by Crippen LogP contribution is 2.31. The van der Waals surface area contributed by atoms with Gasteiger partial charge in [0.25, 0.3) is 9.04 Å². The van der Waals surface area contributed by atoms with E-state index in [9.17, 15) is 0 Å². The molecule has 2 aromatic rings. The molecule has 0 fully saturated rings. The first kappa shape index (κ1) is 13.5. The first-order valence-electron chi connectivity index (χ1n) is 6.16. The van der Waals surface area contributed by atoms with Gasteiger partial charge in [-0.05, 0) is 31.6 Å². The van der Waals surface area contributed by atoms with Crippen LogP contribution in [0.25, 0.3) is 0 Å². The van der Waals surface area contributed by atoms with Crippen molar-refractivity contribution in [3.63, 3.8) is 0 Å². The summed E-state index contributed by atoms with van der Waals surface area (Å²) in [4.78, 5) is 4.52. The van der Waals surface area contributed by atoms with Crippen molar-refractivity contribution in [2.24, 2.45) is 12.0 Å². The molecule has 1 heterocycles. The van der Waals surface area contributed by atoms with E-state index in [0.29, 0.717) is 0 Å². The van der Waals surface area contributed by atoms with Gasteiger partial charge in [-0.1, -0.05) is 12.1 Å². The van der Waals surface area contributed by atoms with Crippen LogP contribution in [-0.4, -0.2) is 25.0 Å². The molecule has 0 aliphatic carbocycles. The van der Waals surface area contributed by atoms with E-state index in [1.165, 1.54) is 0 Å². The molecular formula is C14H18N3OSi. The molecule has 19 heavy (non-hydrogen) atoms. The molecular weight excluding hydrogens is 254 g/mol. The minimum absolute atomic E-state index is 0.799. The van der Waals surface area contributed by atoms with Gasteiger partial charge in [-0.25, -0.2) is 0 Å². The lowest BCUT2D eigenvalue weighted by Crippen LogP contribution is -2.12. The van der Waals surface area contributed by atoms with Crippen LogP contribution < -0.4 is 4.43 Å². The lowest BCUT2D eigenvalue weighted by Gasteiger charge is -2.13. The molecule has 0 amide bonds. The third kappa shape index (κ3) is 3.54. The Labute approximate surface area is 115 Å². The summed E-state index contributed by atoms with van der Waals surface area (Å²) < 4.78 is 7.70. The van der Waals surface area contributed by atoms with E-state index in [-0.39, 0.29) is 0 Å². The number of aromatic nitrogens is 2. The van der Waals surface area contributed by atoms with Crippen LogP contribution in [-0.2, 0) is 7.05 Å². The second-order valence-corrected chi connectivity index (χ2v) is 6.66. The fraction of sp³-hybridized carbons (Fsp3) is 0.286. The summed E-state index contributed by atoms with van der Waals surface area (Å²) in [5.74, 6) is 0.890. The van der Waals surface area contributed by atoms with E-state index in [2.05, 4.69) is 23.2 Å². The van der Waals surface area contributed by atoms with Crippen molar-refractivity contribution < 1.29 is 4.43 Å². The Balaban J connectivity index is 2.29. The molecule has 0 aliphatic rings. The maximum atomic E-state index is 5.94. The van der Waals surface area contributed by atoms with Gasteiger partial charge < -0.3 is 4.43 Å². The van der Waals surface area contributed by atoms with Crippen LogP contribution in [0.3, 0.4) is 0 Å². The van der Waals surface area contributed by atoms with Gasteiger partial charge in [0.15, 0.2) is 0 Å². The summed E-state index contributed by atoms with van der Waals surface area (Å²) in [6.07, 6.45) is 5.52. The van der Waals surface area contributed by atoms with Crippen LogP contribution in [0.4, 0.5) is 5.69 Å². The van der Waals surface area contributed by atoms with Crippen molar-refractivity contribution in [3.8, 4) is 5.75 Å². The van der Waals surface area contributed by atoms with Crippen molar-refractivity contribution in [2.75, 3.05) is 0 Å². The summed E-state index contributed by atoms with van der Waals surface area (Å²) >= 11 is 0. The first-order chi connectivity index (χ1) is 9.06. The fourth-order valence-corrected chi connectivity index (χ4v) is 2.40. The van der Waals surface area contributed by atoms with Crippen LogP contribution in [0, 0.1) is 6.92 Å². The predicted molar refractivity (Wildman–Crippen MR) is 79.8 cm³/mol. The van der Waals surface area contributed by atoms with E-state index in [0.717, 1.165) is 22.6 Å². The zero-order valence-corrected chi connectivity index (χ0v) is 12.7. The van der Waals surface area contributed by atoms with Crippen LogP contribution in [0.5, 0.6) is 5.75 Å². The molecule has 1 aromatic heterocycles. The predicted octanol–water partition coefficient (Wildman–Crippen LogP) is 3.11. The van der Waals surface area contributed by atoms with E-state index >= 15 is 0 Å². The van der Waals surface area contributed by atoms with Crippen LogP contribution in [0.15, 0.2) is 35.6 Å². The van der Waals surface area contributed by atoms with Crippen molar-refractivity contribution >= 4 is 20.9 Å². The number of nitrogens with zero attached hydrogens (tertiary/aromatic N) is 3. The zero-order chi connectivity index (χ0) is 13.8. The second-order valence-electron chi connectivity index (χ2n) is 4.64. The molecule has 0 aliphatic heterocycles. The highest BCUT2D eigenvalue weighted by Gasteiger charge is 2.08. The molecule has 0 N–H and O–H groups in total. The summed E-state index contributed by atoms with van der Waals surface area (Å²) in [5.41, 5.74) is 2.97. The van der Waals surface area contributed by atoms with Gasteiger partial charge in [0.1, 0.15) is 11.4 Å². The third-order valence-electron chi connectivity index (χ3n) is 2.57. The monoisotopic (exact) mass is 272 g/mol. The fourth-order valence-electron chi connectivity index (χ4n) is 1.73. The Kier molecular flexibility index (Phi) is 4.16. The minimum Gasteiger partial charge on any atom is -0.541 e. The number of para-hydroxylation sites is 1.